The predicted molar refractivity (Wildman–Crippen MR) is 189 cm³/mol. The molecule has 1 fully saturated rings. The van der Waals surface area contributed by atoms with Crippen LogP contribution in [0.15, 0.2) is 79.0 Å². The monoisotopic (exact) mass is 716 g/mol. The standard InChI is InChI=1S/C36H41FN6O7Si/c1-22-33(51(3,4)37)32(16-17-41-20-30(39-40-41)28(21-44)25-8-6-5-7-9-25)50-36(22)29-18-27(43(48)49)14-15-31(29)42(35(36)47)19-24-10-12-26(13-11-24)38-34(46)23(2)45/h5-15,18,20,22-23,28,32-33,44-45H,16-17,19,21H2,1-4H3,(H,38,46)/t22-,23-,28?,32+,33-,36+/m0/s1. The van der Waals surface area contributed by atoms with Crippen LogP contribution in [-0.4, -0.2) is 69.2 Å². The average molecular weight is 717 g/mol. The van der Waals surface area contributed by atoms with Gasteiger partial charge in [-0.05, 0) is 55.8 Å². The molecule has 6 atom stereocenters. The highest BCUT2D eigenvalue weighted by atomic mass is 28.4. The zero-order chi connectivity index (χ0) is 36.7. The van der Waals surface area contributed by atoms with E-state index in [1.807, 2.05) is 30.3 Å². The second kappa shape index (κ2) is 14.1. The number of aliphatic hydroxyl groups excluding tert-OH is 2. The molecule has 3 aromatic carbocycles. The number of hydrogen-bond donors (Lipinski definition) is 3. The van der Waals surface area contributed by atoms with Crippen LogP contribution in [0.2, 0.25) is 18.6 Å². The first kappa shape index (κ1) is 36.0. The number of amides is 2. The molecule has 268 valence electrons. The van der Waals surface area contributed by atoms with E-state index in [4.69, 9.17) is 4.74 Å². The topological polar surface area (TPSA) is 173 Å². The highest BCUT2D eigenvalue weighted by Gasteiger charge is 2.66. The summed E-state index contributed by atoms with van der Waals surface area (Å²) in [5.74, 6) is -2.02. The van der Waals surface area contributed by atoms with E-state index < -0.39 is 54.4 Å². The van der Waals surface area contributed by atoms with Crippen molar-refractivity contribution in [2.24, 2.45) is 5.92 Å². The number of aromatic nitrogens is 3. The van der Waals surface area contributed by atoms with Gasteiger partial charge in [-0.3, -0.25) is 24.4 Å². The molecule has 2 aliphatic heterocycles. The normalized spacial score (nSPS) is 22.6. The molecule has 3 heterocycles. The molecular formula is C36H41FN6O7Si. The van der Waals surface area contributed by atoms with Gasteiger partial charge in [0.15, 0.2) is 5.60 Å². The van der Waals surface area contributed by atoms with Gasteiger partial charge in [-0.2, -0.15) is 0 Å². The zero-order valence-electron chi connectivity index (χ0n) is 28.8. The van der Waals surface area contributed by atoms with Crippen molar-refractivity contribution in [3.05, 3.63) is 111 Å². The number of nitro benzene ring substituents is 1. The number of rotatable bonds is 12. The molecule has 0 bridgehead atoms. The van der Waals surface area contributed by atoms with Crippen LogP contribution >= 0.6 is 0 Å². The van der Waals surface area contributed by atoms with Crippen LogP contribution in [0.25, 0.3) is 0 Å². The molecule has 2 amide bonds. The third kappa shape index (κ3) is 6.81. The average Bonchev–Trinajstić information content (AvgIpc) is 3.75. The summed E-state index contributed by atoms with van der Waals surface area (Å²) in [6.45, 7) is 6.56. The molecule has 2 aliphatic rings. The molecule has 0 aliphatic carbocycles. The van der Waals surface area contributed by atoms with Crippen molar-refractivity contribution in [2.45, 2.75) is 75.7 Å². The Morgan fingerprint density at radius 3 is 2.49 bits per heavy atom. The van der Waals surface area contributed by atoms with Gasteiger partial charge in [-0.25, -0.2) is 0 Å². The van der Waals surface area contributed by atoms with E-state index in [0.717, 1.165) is 5.56 Å². The first-order valence-electron chi connectivity index (χ1n) is 16.9. The first-order chi connectivity index (χ1) is 24.2. The Balaban J connectivity index is 1.30. The largest absolute Gasteiger partial charge is 0.395 e. The highest BCUT2D eigenvalue weighted by Crippen LogP contribution is 2.60. The third-order valence-electron chi connectivity index (χ3n) is 10.0. The van der Waals surface area contributed by atoms with E-state index in [9.17, 15) is 29.9 Å². The minimum atomic E-state index is -3.52. The van der Waals surface area contributed by atoms with Crippen molar-refractivity contribution >= 4 is 37.3 Å². The van der Waals surface area contributed by atoms with Crippen LogP contribution in [0.5, 0.6) is 0 Å². The Kier molecular flexibility index (Phi) is 9.92. The number of benzene rings is 3. The second-order valence-corrected chi connectivity index (χ2v) is 17.6. The molecule has 4 aromatic rings. The number of carbonyl (C=O) groups is 2. The maximum atomic E-state index is 16.4. The predicted octanol–water partition coefficient (Wildman–Crippen LogP) is 5.04. The lowest BCUT2D eigenvalue weighted by Crippen LogP contribution is -2.45. The summed E-state index contributed by atoms with van der Waals surface area (Å²) < 4.78 is 24.7. The third-order valence-corrected chi connectivity index (χ3v) is 12.5. The Labute approximate surface area is 295 Å². The van der Waals surface area contributed by atoms with E-state index in [-0.39, 0.29) is 24.8 Å². The van der Waals surface area contributed by atoms with Gasteiger partial charge < -0.3 is 29.3 Å². The number of ether oxygens (including phenoxy) is 1. The number of fused-ring (bicyclic) bond motifs is 2. The van der Waals surface area contributed by atoms with Gasteiger partial charge in [0.05, 0.1) is 41.5 Å². The van der Waals surface area contributed by atoms with Gasteiger partial charge in [0.2, 0.25) is 8.41 Å². The number of nitro groups is 1. The van der Waals surface area contributed by atoms with Gasteiger partial charge in [0.1, 0.15) is 6.10 Å². The van der Waals surface area contributed by atoms with Crippen LogP contribution in [0.4, 0.5) is 21.2 Å². The van der Waals surface area contributed by atoms with Crippen LogP contribution in [0, 0.1) is 16.0 Å². The first-order valence-corrected chi connectivity index (χ1v) is 19.8. The zero-order valence-corrected chi connectivity index (χ0v) is 29.8. The molecule has 15 heteroatoms. The molecule has 1 saturated heterocycles. The molecule has 3 N–H and O–H groups in total. The molecular weight excluding hydrogens is 676 g/mol. The van der Waals surface area contributed by atoms with E-state index in [1.54, 1.807) is 55.2 Å². The minimum absolute atomic E-state index is 0.0903. The maximum Gasteiger partial charge on any atom is 0.269 e. The molecule has 0 radical (unpaired) electrons. The summed E-state index contributed by atoms with van der Waals surface area (Å²) in [7, 11) is -3.52. The Morgan fingerprint density at radius 1 is 1.16 bits per heavy atom. The van der Waals surface area contributed by atoms with Crippen LogP contribution in [0.1, 0.15) is 48.6 Å². The maximum absolute atomic E-state index is 16.4. The molecule has 13 nitrogen and oxygen atoms in total. The summed E-state index contributed by atoms with van der Waals surface area (Å²) in [4.78, 5) is 39.6. The summed E-state index contributed by atoms with van der Waals surface area (Å²) >= 11 is 0. The SMILES string of the molecule is C[C@H](O)C(=O)Nc1ccc(CN2C(=O)[C@]3(O[C@H](CCn4cc(C(CO)c5ccccc5)nn4)[C@@H]([Si](C)(C)F)[C@@H]3C)c3cc([N+](=O)[O-])ccc32)cc1. The number of carbonyl (C=O) groups excluding carboxylic acids is 2. The number of aliphatic hydroxyl groups is 2. The van der Waals surface area contributed by atoms with Crippen LogP contribution in [0.3, 0.4) is 0 Å². The van der Waals surface area contributed by atoms with Crippen molar-refractivity contribution in [1.82, 2.24) is 15.0 Å². The van der Waals surface area contributed by atoms with Crippen LogP contribution < -0.4 is 10.2 Å². The van der Waals surface area contributed by atoms with Gasteiger partial charge >= 0.3 is 0 Å². The fourth-order valence-corrected chi connectivity index (χ4v) is 10.1. The fraction of sp³-hybridized carbons (Fsp3) is 0.389. The van der Waals surface area contributed by atoms with E-state index in [0.29, 0.717) is 41.2 Å². The lowest BCUT2D eigenvalue weighted by molar-refractivity contribution is -0.385. The van der Waals surface area contributed by atoms with Crippen molar-refractivity contribution in [3.8, 4) is 0 Å². The van der Waals surface area contributed by atoms with Crippen LogP contribution in [-0.2, 0) is 33.0 Å². The Hall–Kier alpha value is -4.83. The minimum Gasteiger partial charge on any atom is -0.395 e. The Morgan fingerprint density at radius 2 is 1.86 bits per heavy atom. The van der Waals surface area contributed by atoms with Crippen molar-refractivity contribution in [2.75, 3.05) is 16.8 Å². The van der Waals surface area contributed by atoms with Gasteiger partial charge in [-0.1, -0.05) is 54.6 Å². The van der Waals surface area contributed by atoms with Gasteiger partial charge in [-0.15, -0.1) is 5.10 Å². The number of non-ortho nitro benzene ring substituents is 1. The molecule has 1 aromatic heterocycles. The van der Waals surface area contributed by atoms with Crippen molar-refractivity contribution in [3.63, 3.8) is 0 Å². The van der Waals surface area contributed by atoms with Crippen molar-refractivity contribution in [1.29, 1.82) is 0 Å². The fourth-order valence-electron chi connectivity index (χ4n) is 7.60. The summed E-state index contributed by atoms with van der Waals surface area (Å²) in [6, 6.07) is 20.5. The number of nitrogens with one attached hydrogen (secondary N) is 1. The second-order valence-electron chi connectivity index (χ2n) is 13.8. The summed E-state index contributed by atoms with van der Waals surface area (Å²) in [6.07, 6.45) is 0.146. The number of nitrogens with zero attached hydrogens (tertiary/aromatic N) is 5. The van der Waals surface area contributed by atoms with Gasteiger partial charge in [0.25, 0.3) is 17.5 Å². The molecule has 0 saturated carbocycles. The lowest BCUT2D eigenvalue weighted by atomic mass is 9.82. The number of anilines is 2. The van der Waals surface area contributed by atoms with E-state index >= 15 is 4.11 Å². The molecule has 1 spiro atoms. The lowest BCUT2D eigenvalue weighted by Gasteiger charge is -2.31. The number of hydrogen-bond acceptors (Lipinski definition) is 9. The molecule has 6 rings (SSSR count). The quantitative estimate of drug-likeness (QED) is 0.0786. The summed E-state index contributed by atoms with van der Waals surface area (Å²) in [5, 5.41) is 42.8. The number of aryl methyl sites for hydroxylation is 1. The summed E-state index contributed by atoms with van der Waals surface area (Å²) in [5.41, 5.74) is 0.907. The van der Waals surface area contributed by atoms with Crippen molar-refractivity contribution < 1.29 is 33.6 Å². The van der Waals surface area contributed by atoms with E-state index in [2.05, 4.69) is 15.6 Å². The number of halogens is 1. The highest BCUT2D eigenvalue weighted by molar-refractivity contribution is 6.72. The van der Waals surface area contributed by atoms with E-state index in [1.165, 1.54) is 30.0 Å². The van der Waals surface area contributed by atoms with Gasteiger partial charge in [0, 0.05) is 47.6 Å². The molecule has 51 heavy (non-hydrogen) atoms. The smallest absolute Gasteiger partial charge is 0.269 e. The Bertz CT molecular complexity index is 1920. The molecule has 1 unspecified atom stereocenters.